The zero-order valence-corrected chi connectivity index (χ0v) is 24.8. The second-order valence-electron chi connectivity index (χ2n) is 10.7. The molecule has 1 aliphatic heterocycles. The summed E-state index contributed by atoms with van der Waals surface area (Å²) >= 11 is 0. The minimum absolute atomic E-state index is 0.124. The molecule has 1 fully saturated rings. The first kappa shape index (κ1) is 29.3. The number of hydrogen-bond acceptors (Lipinski definition) is 8. The number of anilines is 2. The summed E-state index contributed by atoms with van der Waals surface area (Å²) in [5, 5.41) is 14.0. The number of benzene rings is 1. The number of sulfonamides is 1. The van der Waals surface area contributed by atoms with E-state index in [1.807, 2.05) is 30.3 Å². The van der Waals surface area contributed by atoms with E-state index >= 15 is 0 Å². The summed E-state index contributed by atoms with van der Waals surface area (Å²) in [5.41, 5.74) is 4.80. The highest BCUT2D eigenvalue weighted by molar-refractivity contribution is 7.88. The van der Waals surface area contributed by atoms with Gasteiger partial charge in [0.05, 0.1) is 41.6 Å². The molecule has 3 N–H and O–H groups in total. The van der Waals surface area contributed by atoms with Crippen molar-refractivity contribution >= 4 is 38.7 Å². The summed E-state index contributed by atoms with van der Waals surface area (Å²) in [6.07, 6.45) is 6.66. The van der Waals surface area contributed by atoms with Crippen LogP contribution in [0.25, 0.3) is 16.6 Å². The van der Waals surface area contributed by atoms with Crippen LogP contribution in [0.1, 0.15) is 54.5 Å². The van der Waals surface area contributed by atoms with Crippen molar-refractivity contribution in [3.8, 4) is 11.1 Å². The molecule has 220 valence electrons. The Morgan fingerprint density at radius 2 is 1.83 bits per heavy atom. The number of likely N-dealkylation sites (tertiary alicyclic amines) is 1. The molecule has 0 unspecified atom stereocenters. The van der Waals surface area contributed by atoms with Gasteiger partial charge in [-0.15, -0.1) is 5.10 Å². The smallest absolute Gasteiger partial charge is 0.278 e. The second-order valence-corrected chi connectivity index (χ2v) is 12.5. The van der Waals surface area contributed by atoms with E-state index in [0.29, 0.717) is 35.2 Å². The van der Waals surface area contributed by atoms with E-state index in [9.17, 15) is 18.0 Å². The van der Waals surface area contributed by atoms with Gasteiger partial charge in [-0.2, -0.15) is 0 Å². The van der Waals surface area contributed by atoms with Gasteiger partial charge >= 0.3 is 0 Å². The second kappa shape index (κ2) is 12.0. The van der Waals surface area contributed by atoms with E-state index in [2.05, 4.69) is 42.5 Å². The number of carbonyl (C=O) groups is 2. The van der Waals surface area contributed by atoms with Crippen molar-refractivity contribution in [2.24, 2.45) is 0 Å². The quantitative estimate of drug-likeness (QED) is 0.268. The minimum Gasteiger partial charge on any atom is -0.324 e. The highest BCUT2D eigenvalue weighted by atomic mass is 32.2. The fraction of sp³-hybridized carbons (Fsp3) is 0.345. The molecular weight excluding hydrogens is 556 g/mol. The number of nitrogens with zero attached hydrogens (tertiary/aromatic N) is 5. The summed E-state index contributed by atoms with van der Waals surface area (Å²) in [7, 11) is -3.32. The summed E-state index contributed by atoms with van der Waals surface area (Å²) in [6, 6.07) is 12.9. The first-order valence-corrected chi connectivity index (χ1v) is 15.6. The first-order chi connectivity index (χ1) is 20.0. The van der Waals surface area contributed by atoms with Gasteiger partial charge in [-0.3, -0.25) is 19.5 Å². The van der Waals surface area contributed by atoms with E-state index in [-0.39, 0.29) is 17.6 Å². The summed E-state index contributed by atoms with van der Waals surface area (Å²) < 4.78 is 27.2. The molecule has 12 nitrogen and oxygen atoms in total. The van der Waals surface area contributed by atoms with Gasteiger partial charge in [-0.05, 0) is 63.4 Å². The third-order valence-corrected chi connectivity index (χ3v) is 8.20. The average molecular weight is 591 g/mol. The third-order valence-electron chi connectivity index (χ3n) is 7.42. The van der Waals surface area contributed by atoms with Crippen molar-refractivity contribution in [2.45, 2.75) is 45.7 Å². The topological polar surface area (TPSA) is 151 Å². The fourth-order valence-corrected chi connectivity index (χ4v) is 5.88. The zero-order chi connectivity index (χ0) is 30.0. The van der Waals surface area contributed by atoms with Crippen LogP contribution < -0.4 is 15.4 Å². The maximum absolute atomic E-state index is 13.2. The molecule has 2 amide bonds. The van der Waals surface area contributed by atoms with Gasteiger partial charge in [0.1, 0.15) is 0 Å². The lowest BCUT2D eigenvalue weighted by Crippen LogP contribution is -2.35. The molecule has 4 aromatic rings. The number of amides is 2. The van der Waals surface area contributed by atoms with Crippen molar-refractivity contribution in [2.75, 3.05) is 30.0 Å². The standard InChI is InChI=1S/C29H34N8O4S/c1-18-6-5-13-36(18)17-27(38)31-24-14-25(20(3)30-15-24)32-29(39)28-26-12-11-23(16-37(26)35-33-28)22-9-7-21(8-10-22)19(2)34-42(4,40)41/h7-12,14-16,18-19,34H,5-6,13,17H2,1-4H3,(H,31,38)(H,32,39)/t18-,19-/m0/s1. The number of fused-ring (bicyclic) bond motifs is 1. The number of aromatic nitrogens is 4. The predicted molar refractivity (Wildman–Crippen MR) is 161 cm³/mol. The molecule has 2 atom stereocenters. The van der Waals surface area contributed by atoms with Crippen LogP contribution in [0, 0.1) is 6.92 Å². The molecule has 3 aromatic heterocycles. The molecular formula is C29H34N8O4S. The van der Waals surface area contributed by atoms with Crippen molar-refractivity contribution in [1.29, 1.82) is 0 Å². The number of carbonyl (C=O) groups excluding carboxylic acids is 2. The van der Waals surface area contributed by atoms with Crippen molar-refractivity contribution in [3.63, 3.8) is 0 Å². The maximum Gasteiger partial charge on any atom is 0.278 e. The monoisotopic (exact) mass is 590 g/mol. The SMILES string of the molecule is Cc1ncc(NC(=O)CN2CCC[C@@H]2C)cc1NC(=O)c1nnn2cc(-c3ccc([C@H](C)NS(C)(=O)=O)cc3)ccc12. The normalized spacial score (nSPS) is 16.4. The van der Waals surface area contributed by atoms with Gasteiger partial charge in [0.15, 0.2) is 5.69 Å². The first-order valence-electron chi connectivity index (χ1n) is 13.7. The van der Waals surface area contributed by atoms with Crippen molar-refractivity contribution in [3.05, 3.63) is 71.8 Å². The van der Waals surface area contributed by atoms with Gasteiger partial charge in [-0.1, -0.05) is 35.5 Å². The number of aryl methyl sites for hydroxylation is 1. The van der Waals surface area contributed by atoms with Crippen LogP contribution in [-0.4, -0.2) is 70.3 Å². The summed E-state index contributed by atoms with van der Waals surface area (Å²) in [6.45, 7) is 6.90. The van der Waals surface area contributed by atoms with Crippen LogP contribution in [-0.2, 0) is 14.8 Å². The molecule has 42 heavy (non-hydrogen) atoms. The van der Waals surface area contributed by atoms with E-state index in [1.54, 1.807) is 38.4 Å². The average Bonchev–Trinajstić information content (AvgIpc) is 3.55. The lowest BCUT2D eigenvalue weighted by Gasteiger charge is -2.20. The number of pyridine rings is 2. The third kappa shape index (κ3) is 6.81. The Balaban J connectivity index is 1.28. The van der Waals surface area contributed by atoms with Crippen molar-refractivity contribution in [1.82, 2.24) is 29.4 Å². The number of rotatable bonds is 9. The number of nitrogens with one attached hydrogen (secondary N) is 3. The number of hydrogen-bond donors (Lipinski definition) is 3. The van der Waals surface area contributed by atoms with Crippen LogP contribution in [0.5, 0.6) is 0 Å². The van der Waals surface area contributed by atoms with Gasteiger partial charge in [-0.25, -0.2) is 17.7 Å². The molecule has 1 saturated heterocycles. The lowest BCUT2D eigenvalue weighted by atomic mass is 10.0. The lowest BCUT2D eigenvalue weighted by molar-refractivity contribution is -0.117. The maximum atomic E-state index is 13.2. The molecule has 4 heterocycles. The van der Waals surface area contributed by atoms with E-state index < -0.39 is 15.9 Å². The van der Waals surface area contributed by atoms with Crippen LogP contribution in [0.4, 0.5) is 11.4 Å². The van der Waals surface area contributed by atoms with Gasteiger partial charge in [0.25, 0.3) is 5.91 Å². The minimum atomic E-state index is -3.32. The Labute approximate surface area is 244 Å². The van der Waals surface area contributed by atoms with Gasteiger partial charge < -0.3 is 10.6 Å². The van der Waals surface area contributed by atoms with Crippen LogP contribution in [0.3, 0.4) is 0 Å². The Hall–Kier alpha value is -4.20. The highest BCUT2D eigenvalue weighted by Crippen LogP contribution is 2.25. The molecule has 1 aromatic carbocycles. The molecule has 1 aliphatic rings. The largest absolute Gasteiger partial charge is 0.324 e. The Bertz CT molecular complexity index is 1740. The van der Waals surface area contributed by atoms with E-state index in [4.69, 9.17) is 0 Å². The van der Waals surface area contributed by atoms with Gasteiger partial charge in [0, 0.05) is 23.8 Å². The molecule has 0 spiro atoms. The Morgan fingerprint density at radius 1 is 1.10 bits per heavy atom. The molecule has 0 aliphatic carbocycles. The van der Waals surface area contributed by atoms with Crippen LogP contribution in [0.15, 0.2) is 54.9 Å². The molecule has 0 saturated carbocycles. The molecule has 5 rings (SSSR count). The van der Waals surface area contributed by atoms with E-state index in [0.717, 1.165) is 42.3 Å². The Kier molecular flexibility index (Phi) is 8.34. The van der Waals surface area contributed by atoms with E-state index in [1.165, 1.54) is 4.52 Å². The highest BCUT2D eigenvalue weighted by Gasteiger charge is 2.23. The van der Waals surface area contributed by atoms with Crippen LogP contribution >= 0.6 is 0 Å². The summed E-state index contributed by atoms with van der Waals surface area (Å²) in [4.78, 5) is 32.3. The predicted octanol–water partition coefficient (Wildman–Crippen LogP) is 3.39. The van der Waals surface area contributed by atoms with Crippen LogP contribution in [0.2, 0.25) is 0 Å². The molecule has 0 bridgehead atoms. The molecule has 0 radical (unpaired) electrons. The zero-order valence-electron chi connectivity index (χ0n) is 24.0. The summed E-state index contributed by atoms with van der Waals surface area (Å²) in [5.74, 6) is -0.574. The fourth-order valence-electron chi connectivity index (χ4n) is 5.10. The van der Waals surface area contributed by atoms with Gasteiger partial charge in [0.2, 0.25) is 15.9 Å². The van der Waals surface area contributed by atoms with Crippen molar-refractivity contribution < 1.29 is 18.0 Å². The Morgan fingerprint density at radius 3 is 2.52 bits per heavy atom. The molecule has 13 heteroatoms.